The average Bonchev–Trinajstić information content (AvgIpc) is 2.40. The maximum Gasteiger partial charge on any atom is 0.192 e. The van der Waals surface area contributed by atoms with E-state index in [1.54, 1.807) is 0 Å². The molecule has 0 aromatic heterocycles. The molecule has 0 aromatic carbocycles. The summed E-state index contributed by atoms with van der Waals surface area (Å²) in [4.78, 5) is 0. The number of aliphatic hydroxyl groups is 2. The highest BCUT2D eigenvalue weighted by Crippen LogP contribution is 2.28. The zero-order valence-electron chi connectivity index (χ0n) is 11.8. The Morgan fingerprint density at radius 2 is 1.72 bits per heavy atom. The van der Waals surface area contributed by atoms with Gasteiger partial charge in [-0.15, -0.1) is 0 Å². The van der Waals surface area contributed by atoms with Crippen LogP contribution in [0, 0.1) is 0 Å². The fourth-order valence-corrected chi connectivity index (χ4v) is 5.29. The van der Waals surface area contributed by atoms with Gasteiger partial charge in [0.05, 0.1) is 6.61 Å². The van der Waals surface area contributed by atoms with Crippen molar-refractivity contribution in [3.8, 4) is 0 Å². The van der Waals surface area contributed by atoms with Gasteiger partial charge in [0, 0.05) is 7.11 Å². The van der Waals surface area contributed by atoms with E-state index in [1.807, 2.05) is 0 Å². The fraction of sp³-hybridized carbons (Fsp3) is 1.00. The van der Waals surface area contributed by atoms with Crippen LogP contribution in [0.5, 0.6) is 0 Å². The highest BCUT2D eigenvalue weighted by molar-refractivity contribution is 6.73. The SMILES string of the molecule is CC[Si](CC)(CC)O[C@@H]1[C@@H](O)[C@@H](OC)OC[C@@H]1O. The van der Waals surface area contributed by atoms with Crippen molar-refractivity contribution in [3.05, 3.63) is 0 Å². The molecule has 1 fully saturated rings. The Kier molecular flexibility index (Phi) is 6.23. The smallest absolute Gasteiger partial charge is 0.192 e. The van der Waals surface area contributed by atoms with Crippen molar-refractivity contribution in [2.75, 3.05) is 13.7 Å². The molecule has 0 saturated carbocycles. The maximum absolute atomic E-state index is 10.1. The monoisotopic (exact) mass is 278 g/mol. The van der Waals surface area contributed by atoms with Crippen LogP contribution in [0.2, 0.25) is 18.1 Å². The largest absolute Gasteiger partial charge is 0.408 e. The van der Waals surface area contributed by atoms with Crippen molar-refractivity contribution in [2.24, 2.45) is 0 Å². The molecule has 108 valence electrons. The molecule has 1 aliphatic rings. The number of aliphatic hydroxyl groups excluding tert-OH is 2. The Labute approximate surface area is 110 Å². The number of ether oxygens (including phenoxy) is 2. The minimum Gasteiger partial charge on any atom is -0.408 e. The van der Waals surface area contributed by atoms with Crippen LogP contribution < -0.4 is 0 Å². The summed E-state index contributed by atoms with van der Waals surface area (Å²) >= 11 is 0. The Morgan fingerprint density at radius 1 is 1.17 bits per heavy atom. The Balaban J connectivity index is 2.78. The third kappa shape index (κ3) is 3.31. The molecule has 0 spiro atoms. The fourth-order valence-electron chi connectivity index (χ4n) is 2.41. The summed E-state index contributed by atoms with van der Waals surface area (Å²) in [5.41, 5.74) is 0. The second-order valence-electron chi connectivity index (χ2n) is 4.82. The number of hydrogen-bond acceptors (Lipinski definition) is 5. The van der Waals surface area contributed by atoms with E-state index in [4.69, 9.17) is 13.9 Å². The second kappa shape index (κ2) is 6.98. The number of rotatable bonds is 6. The standard InChI is InChI=1S/C12H26O5Si/c1-5-18(6-2,7-3)17-11-9(13)8-16-12(15-4)10(11)14/h9-14H,5-8H2,1-4H3/t9-,10+,11-,12-/m0/s1. The minimum absolute atomic E-state index is 0.141. The maximum atomic E-state index is 10.1. The topological polar surface area (TPSA) is 68.2 Å². The molecule has 0 amide bonds. The molecule has 0 aliphatic carbocycles. The summed E-state index contributed by atoms with van der Waals surface area (Å²) in [5, 5.41) is 20.1. The van der Waals surface area contributed by atoms with E-state index in [0.29, 0.717) is 0 Å². The van der Waals surface area contributed by atoms with Gasteiger partial charge >= 0.3 is 0 Å². The van der Waals surface area contributed by atoms with Crippen molar-refractivity contribution in [2.45, 2.75) is 63.5 Å². The van der Waals surface area contributed by atoms with Crippen LogP contribution in [0.3, 0.4) is 0 Å². The zero-order valence-corrected chi connectivity index (χ0v) is 12.8. The predicted molar refractivity (Wildman–Crippen MR) is 70.8 cm³/mol. The third-order valence-corrected chi connectivity index (χ3v) is 8.62. The quantitative estimate of drug-likeness (QED) is 0.712. The van der Waals surface area contributed by atoms with Crippen LogP contribution in [-0.2, 0) is 13.9 Å². The summed E-state index contributed by atoms with van der Waals surface area (Å²) in [6.07, 6.45) is -3.04. The molecule has 0 bridgehead atoms. The van der Waals surface area contributed by atoms with Gasteiger partial charge in [-0.2, -0.15) is 0 Å². The molecule has 1 heterocycles. The molecule has 0 unspecified atom stereocenters. The second-order valence-corrected chi connectivity index (χ2v) is 9.54. The van der Waals surface area contributed by atoms with Crippen LogP contribution in [0.25, 0.3) is 0 Å². The Bertz CT molecular complexity index is 238. The number of hydrogen-bond donors (Lipinski definition) is 2. The molecule has 1 aliphatic heterocycles. The molecular weight excluding hydrogens is 252 g/mol. The van der Waals surface area contributed by atoms with Crippen molar-refractivity contribution >= 4 is 8.32 Å². The first-order chi connectivity index (χ1) is 8.53. The lowest BCUT2D eigenvalue weighted by Crippen LogP contribution is -2.58. The first-order valence-electron chi connectivity index (χ1n) is 6.71. The third-order valence-electron chi connectivity index (χ3n) is 3.98. The van der Waals surface area contributed by atoms with Gasteiger partial charge in [-0.25, -0.2) is 0 Å². The molecule has 0 aromatic rings. The zero-order chi connectivity index (χ0) is 13.8. The van der Waals surface area contributed by atoms with E-state index >= 15 is 0 Å². The highest BCUT2D eigenvalue weighted by atomic mass is 28.4. The van der Waals surface area contributed by atoms with Gasteiger partial charge in [-0.3, -0.25) is 0 Å². The first-order valence-corrected chi connectivity index (χ1v) is 9.24. The van der Waals surface area contributed by atoms with Crippen LogP contribution in [0.1, 0.15) is 20.8 Å². The molecule has 4 atom stereocenters. The highest BCUT2D eigenvalue weighted by Gasteiger charge is 2.44. The van der Waals surface area contributed by atoms with Gasteiger partial charge < -0.3 is 24.1 Å². The molecule has 18 heavy (non-hydrogen) atoms. The van der Waals surface area contributed by atoms with Gasteiger partial charge in [-0.05, 0) is 18.1 Å². The van der Waals surface area contributed by atoms with Crippen molar-refractivity contribution in [1.29, 1.82) is 0 Å². The van der Waals surface area contributed by atoms with Gasteiger partial charge in [0.15, 0.2) is 14.6 Å². The van der Waals surface area contributed by atoms with Crippen molar-refractivity contribution in [1.82, 2.24) is 0 Å². The predicted octanol–water partition coefficient (Wildman–Crippen LogP) is 1.10. The lowest BCUT2D eigenvalue weighted by molar-refractivity contribution is -0.258. The summed E-state index contributed by atoms with van der Waals surface area (Å²) in [6.45, 7) is 6.49. The van der Waals surface area contributed by atoms with Gasteiger partial charge in [0.25, 0.3) is 0 Å². The van der Waals surface area contributed by atoms with Crippen molar-refractivity contribution in [3.63, 3.8) is 0 Å². The van der Waals surface area contributed by atoms with E-state index in [-0.39, 0.29) is 6.61 Å². The molecule has 5 nitrogen and oxygen atoms in total. The van der Waals surface area contributed by atoms with Crippen molar-refractivity contribution < 1.29 is 24.1 Å². The van der Waals surface area contributed by atoms with E-state index in [1.165, 1.54) is 7.11 Å². The normalized spacial score (nSPS) is 33.7. The molecule has 1 saturated heterocycles. The van der Waals surface area contributed by atoms with Crippen LogP contribution in [-0.4, -0.2) is 56.8 Å². The lowest BCUT2D eigenvalue weighted by atomic mass is 10.1. The summed E-state index contributed by atoms with van der Waals surface area (Å²) in [7, 11) is -0.383. The minimum atomic E-state index is -1.86. The van der Waals surface area contributed by atoms with Gasteiger partial charge in [-0.1, -0.05) is 20.8 Å². The van der Waals surface area contributed by atoms with E-state index in [2.05, 4.69) is 20.8 Å². The van der Waals surface area contributed by atoms with Gasteiger partial charge in [0.1, 0.15) is 18.3 Å². The first kappa shape index (κ1) is 16.1. The van der Waals surface area contributed by atoms with E-state index in [0.717, 1.165) is 18.1 Å². The average molecular weight is 278 g/mol. The van der Waals surface area contributed by atoms with E-state index in [9.17, 15) is 10.2 Å². The summed E-state index contributed by atoms with van der Waals surface area (Å²) in [5.74, 6) is 0. The van der Waals surface area contributed by atoms with Crippen LogP contribution in [0.15, 0.2) is 0 Å². The van der Waals surface area contributed by atoms with E-state index < -0.39 is 32.9 Å². The number of methoxy groups -OCH3 is 1. The molecular formula is C12H26O5Si. The van der Waals surface area contributed by atoms with Gasteiger partial charge in [0.2, 0.25) is 0 Å². The molecule has 2 N–H and O–H groups in total. The Hall–Kier alpha value is 0.0169. The lowest BCUT2D eigenvalue weighted by Gasteiger charge is -2.42. The van der Waals surface area contributed by atoms with Crippen LogP contribution >= 0.6 is 0 Å². The molecule has 0 radical (unpaired) electrons. The van der Waals surface area contributed by atoms with Crippen LogP contribution in [0.4, 0.5) is 0 Å². The molecule has 6 heteroatoms. The Morgan fingerprint density at radius 3 is 2.17 bits per heavy atom. The summed E-state index contributed by atoms with van der Waals surface area (Å²) < 4.78 is 16.4. The summed E-state index contributed by atoms with van der Waals surface area (Å²) in [6, 6.07) is 2.94. The molecule has 1 rings (SSSR count).